The van der Waals surface area contributed by atoms with Crippen LogP contribution in [0.4, 0.5) is 0 Å². The molecule has 0 aliphatic carbocycles. The number of carboxylic acids is 1. The van der Waals surface area contributed by atoms with Crippen molar-refractivity contribution in [2.75, 3.05) is 0 Å². The van der Waals surface area contributed by atoms with E-state index in [1.54, 1.807) is 30.3 Å². The summed E-state index contributed by atoms with van der Waals surface area (Å²) in [6, 6.07) is 11.6. The number of carbonyl (C=O) groups is 1. The van der Waals surface area contributed by atoms with Gasteiger partial charge in [-0.3, -0.25) is 0 Å². The maximum atomic E-state index is 11.5. The molecule has 0 aliphatic heterocycles. The first kappa shape index (κ1) is 15.6. The van der Waals surface area contributed by atoms with Crippen molar-refractivity contribution in [2.45, 2.75) is 19.8 Å². The third-order valence-corrected chi connectivity index (χ3v) is 3.36. The highest BCUT2D eigenvalue weighted by atomic mass is 16.4. The van der Waals surface area contributed by atoms with Crippen LogP contribution < -0.4 is 0 Å². The summed E-state index contributed by atoms with van der Waals surface area (Å²) < 4.78 is 0. The number of aromatic hydroxyl groups is 2. The van der Waals surface area contributed by atoms with Crippen LogP contribution in [-0.4, -0.2) is 21.3 Å². The van der Waals surface area contributed by atoms with E-state index in [-0.39, 0.29) is 23.0 Å². The van der Waals surface area contributed by atoms with Crippen molar-refractivity contribution < 1.29 is 20.1 Å². The van der Waals surface area contributed by atoms with Crippen molar-refractivity contribution in [3.05, 3.63) is 59.2 Å². The molecule has 0 atom stereocenters. The second-order valence-corrected chi connectivity index (χ2v) is 5.36. The van der Waals surface area contributed by atoms with E-state index in [2.05, 4.69) is 0 Å². The van der Waals surface area contributed by atoms with Gasteiger partial charge in [0, 0.05) is 5.56 Å². The Balaban J connectivity index is 2.53. The van der Waals surface area contributed by atoms with E-state index >= 15 is 0 Å². The molecule has 0 heterocycles. The normalized spacial score (nSPS) is 11.7. The minimum absolute atomic E-state index is 0.0360. The molecule has 0 fully saturated rings. The molecule has 0 bridgehead atoms. The number of phenols is 2. The monoisotopic (exact) mass is 298 g/mol. The van der Waals surface area contributed by atoms with E-state index in [1.165, 1.54) is 18.2 Å². The molecule has 0 spiro atoms. The first-order chi connectivity index (χ1) is 10.4. The molecule has 114 valence electrons. The summed E-state index contributed by atoms with van der Waals surface area (Å²) in [5, 5.41) is 29.4. The van der Waals surface area contributed by atoms with Crippen LogP contribution in [0.2, 0.25) is 0 Å². The molecule has 0 aromatic heterocycles. The van der Waals surface area contributed by atoms with Crippen LogP contribution in [0.1, 0.15) is 36.5 Å². The van der Waals surface area contributed by atoms with Gasteiger partial charge < -0.3 is 15.3 Å². The van der Waals surface area contributed by atoms with Gasteiger partial charge in [-0.1, -0.05) is 44.2 Å². The average molecular weight is 298 g/mol. The lowest BCUT2D eigenvalue weighted by Gasteiger charge is -2.12. The van der Waals surface area contributed by atoms with Gasteiger partial charge in [0.05, 0.1) is 5.57 Å². The number of phenolic OH excluding ortho intramolecular Hbond substituents is 2. The fourth-order valence-corrected chi connectivity index (χ4v) is 2.37. The number of carboxylic acid groups (broad SMARTS) is 1. The molecule has 2 aromatic carbocycles. The maximum absolute atomic E-state index is 11.5. The first-order valence-corrected chi connectivity index (χ1v) is 6.96. The molecule has 2 aromatic rings. The fourth-order valence-electron chi connectivity index (χ4n) is 2.37. The molecule has 0 radical (unpaired) electrons. The van der Waals surface area contributed by atoms with Crippen LogP contribution in [0.5, 0.6) is 11.5 Å². The van der Waals surface area contributed by atoms with Crippen molar-refractivity contribution in [1.29, 1.82) is 0 Å². The smallest absolute Gasteiger partial charge is 0.336 e. The van der Waals surface area contributed by atoms with Gasteiger partial charge in [0.25, 0.3) is 0 Å². The van der Waals surface area contributed by atoms with Gasteiger partial charge in [0.2, 0.25) is 0 Å². The Hall–Kier alpha value is -2.75. The maximum Gasteiger partial charge on any atom is 0.336 e. The minimum Gasteiger partial charge on any atom is -0.507 e. The van der Waals surface area contributed by atoms with E-state index in [9.17, 15) is 20.1 Å². The number of aliphatic carboxylic acids is 1. The zero-order valence-electron chi connectivity index (χ0n) is 12.4. The Morgan fingerprint density at radius 1 is 1.05 bits per heavy atom. The Kier molecular flexibility index (Phi) is 4.51. The van der Waals surface area contributed by atoms with Crippen molar-refractivity contribution in [3.8, 4) is 11.5 Å². The summed E-state index contributed by atoms with van der Waals surface area (Å²) in [6.45, 7) is 3.72. The Morgan fingerprint density at radius 3 is 2.05 bits per heavy atom. The summed E-state index contributed by atoms with van der Waals surface area (Å²) in [5.41, 5.74) is 1.54. The van der Waals surface area contributed by atoms with Crippen LogP contribution in [-0.2, 0) is 4.79 Å². The van der Waals surface area contributed by atoms with Crippen molar-refractivity contribution in [3.63, 3.8) is 0 Å². The highest BCUT2D eigenvalue weighted by Crippen LogP contribution is 2.35. The molecular weight excluding hydrogens is 280 g/mol. The van der Waals surface area contributed by atoms with Crippen LogP contribution in [0.3, 0.4) is 0 Å². The average Bonchev–Trinajstić information content (AvgIpc) is 2.44. The van der Waals surface area contributed by atoms with E-state index in [1.807, 2.05) is 13.8 Å². The van der Waals surface area contributed by atoms with Crippen LogP contribution in [0, 0.1) is 0 Å². The summed E-state index contributed by atoms with van der Waals surface area (Å²) in [4.78, 5) is 11.5. The summed E-state index contributed by atoms with van der Waals surface area (Å²) in [7, 11) is 0. The number of rotatable bonds is 4. The van der Waals surface area contributed by atoms with Gasteiger partial charge in [-0.2, -0.15) is 0 Å². The van der Waals surface area contributed by atoms with Crippen molar-refractivity contribution >= 4 is 17.6 Å². The van der Waals surface area contributed by atoms with Gasteiger partial charge in [-0.15, -0.1) is 0 Å². The van der Waals surface area contributed by atoms with E-state index in [0.717, 1.165) is 0 Å². The Morgan fingerprint density at radius 2 is 1.59 bits per heavy atom. The standard InChI is InChI=1S/C18H18O4/c1-11(2)17-15(19)9-12(10-16(17)20)8-14(18(21)22)13-6-4-3-5-7-13/h3-11,19-20H,1-2H3,(H,21,22)/b14-8+. The highest BCUT2D eigenvalue weighted by Gasteiger charge is 2.15. The topological polar surface area (TPSA) is 77.8 Å². The number of hydrogen-bond donors (Lipinski definition) is 3. The van der Waals surface area contributed by atoms with E-state index < -0.39 is 5.97 Å². The van der Waals surface area contributed by atoms with Crippen LogP contribution in [0.25, 0.3) is 11.6 Å². The molecule has 3 N–H and O–H groups in total. The molecule has 4 heteroatoms. The summed E-state index contributed by atoms with van der Waals surface area (Å²) in [5.74, 6) is -1.19. The molecule has 2 rings (SSSR count). The van der Waals surface area contributed by atoms with Crippen molar-refractivity contribution in [1.82, 2.24) is 0 Å². The van der Waals surface area contributed by atoms with Gasteiger partial charge >= 0.3 is 5.97 Å². The molecule has 0 unspecified atom stereocenters. The third-order valence-electron chi connectivity index (χ3n) is 3.36. The number of hydrogen-bond acceptors (Lipinski definition) is 3. The van der Waals surface area contributed by atoms with Gasteiger partial charge in [0.15, 0.2) is 0 Å². The van der Waals surface area contributed by atoms with Gasteiger partial charge in [-0.25, -0.2) is 4.79 Å². The SMILES string of the molecule is CC(C)c1c(O)cc(/C=C(/C(=O)O)c2ccccc2)cc1O. The zero-order valence-corrected chi connectivity index (χ0v) is 12.4. The fraction of sp³-hybridized carbons (Fsp3) is 0.167. The summed E-state index contributed by atoms with van der Waals surface area (Å²) >= 11 is 0. The molecule has 0 aliphatic rings. The molecule has 0 saturated heterocycles. The highest BCUT2D eigenvalue weighted by molar-refractivity contribution is 6.20. The molecule has 4 nitrogen and oxygen atoms in total. The molecule has 0 amide bonds. The Labute approximate surface area is 129 Å². The summed E-state index contributed by atoms with van der Waals surface area (Å²) in [6.07, 6.45) is 1.43. The predicted octanol–water partition coefficient (Wildman–Crippen LogP) is 3.85. The quantitative estimate of drug-likeness (QED) is 0.592. The molecule has 0 saturated carbocycles. The van der Waals surface area contributed by atoms with Crippen molar-refractivity contribution in [2.24, 2.45) is 0 Å². The van der Waals surface area contributed by atoms with Crippen LogP contribution >= 0.6 is 0 Å². The molecule has 22 heavy (non-hydrogen) atoms. The number of benzene rings is 2. The minimum atomic E-state index is -1.07. The lowest BCUT2D eigenvalue weighted by molar-refractivity contribution is -0.130. The van der Waals surface area contributed by atoms with E-state index in [4.69, 9.17) is 0 Å². The van der Waals surface area contributed by atoms with E-state index in [0.29, 0.717) is 16.7 Å². The van der Waals surface area contributed by atoms with Gasteiger partial charge in [0.1, 0.15) is 11.5 Å². The lowest BCUT2D eigenvalue weighted by atomic mass is 9.97. The first-order valence-electron chi connectivity index (χ1n) is 6.96. The van der Waals surface area contributed by atoms with Crippen LogP contribution in [0.15, 0.2) is 42.5 Å². The predicted molar refractivity (Wildman–Crippen MR) is 85.8 cm³/mol. The second-order valence-electron chi connectivity index (χ2n) is 5.36. The third kappa shape index (κ3) is 3.28. The second kappa shape index (κ2) is 6.35. The van der Waals surface area contributed by atoms with Gasteiger partial charge in [-0.05, 0) is 35.3 Å². The Bertz CT molecular complexity index is 692. The lowest BCUT2D eigenvalue weighted by Crippen LogP contribution is -1.99. The largest absolute Gasteiger partial charge is 0.507 e. The molecular formula is C18H18O4. The zero-order chi connectivity index (χ0) is 16.3.